The van der Waals surface area contributed by atoms with Crippen LogP contribution >= 0.6 is 0 Å². The summed E-state index contributed by atoms with van der Waals surface area (Å²) in [5.41, 5.74) is 1.36. The molecular formula is C15H19N3O2. The first-order chi connectivity index (χ1) is 9.58. The maximum atomic E-state index is 12.2. The van der Waals surface area contributed by atoms with Gasteiger partial charge < -0.3 is 15.0 Å². The molecule has 0 aromatic heterocycles. The number of amides is 1. The highest BCUT2D eigenvalue weighted by Crippen LogP contribution is 2.12. The number of nitriles is 1. The zero-order chi connectivity index (χ0) is 14.5. The highest BCUT2D eigenvalue weighted by molar-refractivity contribution is 5.81. The molecule has 0 spiro atoms. The van der Waals surface area contributed by atoms with Crippen LogP contribution in [0.3, 0.4) is 0 Å². The number of anilines is 1. The number of nitrogens with zero attached hydrogens (tertiary/aromatic N) is 2. The zero-order valence-electron chi connectivity index (χ0n) is 11.8. The molecular weight excluding hydrogens is 254 g/mol. The van der Waals surface area contributed by atoms with Crippen LogP contribution in [0.15, 0.2) is 24.3 Å². The van der Waals surface area contributed by atoms with Crippen LogP contribution in [-0.2, 0) is 9.53 Å². The van der Waals surface area contributed by atoms with Gasteiger partial charge in [0.2, 0.25) is 5.91 Å². The second-order valence-corrected chi connectivity index (χ2v) is 5.10. The number of hydrogen-bond acceptors (Lipinski definition) is 4. The molecule has 2 unspecified atom stereocenters. The molecule has 2 atom stereocenters. The molecule has 1 N–H and O–H groups in total. The Morgan fingerprint density at radius 3 is 2.80 bits per heavy atom. The Bertz CT molecular complexity index is 514. The number of carbonyl (C=O) groups excluding carboxylic acids is 1. The van der Waals surface area contributed by atoms with E-state index in [9.17, 15) is 4.79 Å². The van der Waals surface area contributed by atoms with E-state index < -0.39 is 0 Å². The smallest absolute Gasteiger partial charge is 0.242 e. The van der Waals surface area contributed by atoms with Crippen molar-refractivity contribution in [1.29, 1.82) is 5.26 Å². The summed E-state index contributed by atoms with van der Waals surface area (Å²) in [6.45, 7) is 5.43. The minimum absolute atomic E-state index is 0.0503. The average Bonchev–Trinajstić information content (AvgIpc) is 2.44. The average molecular weight is 273 g/mol. The van der Waals surface area contributed by atoms with E-state index in [1.54, 1.807) is 18.2 Å². The fourth-order valence-corrected chi connectivity index (χ4v) is 2.37. The molecule has 0 saturated carbocycles. The predicted octanol–water partition coefficient (Wildman–Crippen LogP) is 1.61. The van der Waals surface area contributed by atoms with E-state index in [0.29, 0.717) is 18.7 Å². The summed E-state index contributed by atoms with van der Waals surface area (Å²) in [6.07, 6.45) is 0.147. The van der Waals surface area contributed by atoms with Crippen molar-refractivity contribution >= 4 is 11.6 Å². The Morgan fingerprint density at radius 2 is 2.15 bits per heavy atom. The van der Waals surface area contributed by atoms with Crippen molar-refractivity contribution in [2.45, 2.75) is 26.1 Å². The minimum atomic E-state index is 0.0503. The summed E-state index contributed by atoms with van der Waals surface area (Å²) in [5.74, 6) is 0.0503. The number of ether oxygens (including phenoxy) is 1. The van der Waals surface area contributed by atoms with Crippen LogP contribution in [0.4, 0.5) is 5.69 Å². The Balaban J connectivity index is 1.90. The Labute approximate surface area is 119 Å². The summed E-state index contributed by atoms with van der Waals surface area (Å²) >= 11 is 0. The van der Waals surface area contributed by atoms with Gasteiger partial charge in [0.1, 0.15) is 0 Å². The molecule has 5 heteroatoms. The molecule has 1 amide bonds. The van der Waals surface area contributed by atoms with Gasteiger partial charge in [0.05, 0.1) is 30.4 Å². The Kier molecular flexibility index (Phi) is 4.59. The zero-order valence-corrected chi connectivity index (χ0v) is 11.8. The molecule has 1 aromatic rings. The van der Waals surface area contributed by atoms with Crippen LogP contribution in [0.1, 0.15) is 19.4 Å². The van der Waals surface area contributed by atoms with Gasteiger partial charge in [-0.15, -0.1) is 0 Å². The number of nitrogens with one attached hydrogen (secondary N) is 1. The quantitative estimate of drug-likeness (QED) is 0.908. The third-order valence-corrected chi connectivity index (χ3v) is 3.21. The normalized spacial score (nSPS) is 22.1. The molecule has 106 valence electrons. The molecule has 5 nitrogen and oxygen atoms in total. The lowest BCUT2D eigenvalue weighted by Crippen LogP contribution is -2.49. The lowest BCUT2D eigenvalue weighted by Gasteiger charge is -2.35. The van der Waals surface area contributed by atoms with Gasteiger partial charge in [0.15, 0.2) is 0 Å². The van der Waals surface area contributed by atoms with Gasteiger partial charge in [-0.2, -0.15) is 5.26 Å². The van der Waals surface area contributed by atoms with Gasteiger partial charge in [-0.25, -0.2) is 0 Å². The highest BCUT2D eigenvalue weighted by atomic mass is 16.5. The molecule has 1 aliphatic heterocycles. The number of hydrogen-bond donors (Lipinski definition) is 1. The second kappa shape index (κ2) is 6.40. The minimum Gasteiger partial charge on any atom is -0.376 e. The second-order valence-electron chi connectivity index (χ2n) is 5.10. The van der Waals surface area contributed by atoms with E-state index in [-0.39, 0.29) is 24.7 Å². The topological polar surface area (TPSA) is 65.4 Å². The van der Waals surface area contributed by atoms with Crippen LogP contribution in [0.5, 0.6) is 0 Å². The lowest BCUT2D eigenvalue weighted by atomic mass is 10.2. The van der Waals surface area contributed by atoms with E-state index >= 15 is 0 Å². The summed E-state index contributed by atoms with van der Waals surface area (Å²) < 4.78 is 5.61. The Morgan fingerprint density at radius 1 is 1.45 bits per heavy atom. The van der Waals surface area contributed by atoms with Crippen molar-refractivity contribution in [2.75, 3.05) is 25.0 Å². The molecule has 0 aliphatic carbocycles. The van der Waals surface area contributed by atoms with Crippen molar-refractivity contribution in [3.63, 3.8) is 0 Å². The molecule has 0 bridgehead atoms. The predicted molar refractivity (Wildman–Crippen MR) is 76.2 cm³/mol. The molecule has 1 fully saturated rings. The molecule has 1 heterocycles. The van der Waals surface area contributed by atoms with Crippen molar-refractivity contribution < 1.29 is 9.53 Å². The highest BCUT2D eigenvalue weighted by Gasteiger charge is 2.25. The Hall–Kier alpha value is -2.06. The van der Waals surface area contributed by atoms with Gasteiger partial charge in [0.25, 0.3) is 0 Å². The molecule has 0 radical (unpaired) electrons. The third-order valence-electron chi connectivity index (χ3n) is 3.21. The molecule has 1 aliphatic rings. The summed E-state index contributed by atoms with van der Waals surface area (Å²) in [5, 5.41) is 11.9. The van der Waals surface area contributed by atoms with Crippen LogP contribution in [0, 0.1) is 11.3 Å². The summed E-state index contributed by atoms with van der Waals surface area (Å²) in [4.78, 5) is 14.0. The van der Waals surface area contributed by atoms with Gasteiger partial charge in [0, 0.05) is 18.8 Å². The monoisotopic (exact) mass is 273 g/mol. The van der Waals surface area contributed by atoms with Crippen LogP contribution < -0.4 is 5.32 Å². The maximum Gasteiger partial charge on any atom is 0.242 e. The molecule has 1 saturated heterocycles. The van der Waals surface area contributed by atoms with Crippen molar-refractivity contribution in [3.05, 3.63) is 29.8 Å². The largest absolute Gasteiger partial charge is 0.376 e. The van der Waals surface area contributed by atoms with Gasteiger partial charge in [-0.05, 0) is 32.0 Å². The third kappa shape index (κ3) is 3.72. The van der Waals surface area contributed by atoms with Crippen LogP contribution in [0.25, 0.3) is 0 Å². The molecule has 20 heavy (non-hydrogen) atoms. The van der Waals surface area contributed by atoms with Crippen molar-refractivity contribution in [3.8, 4) is 6.07 Å². The molecule has 1 aromatic carbocycles. The summed E-state index contributed by atoms with van der Waals surface area (Å²) in [6, 6.07) is 9.19. The first-order valence-corrected chi connectivity index (χ1v) is 6.75. The lowest BCUT2D eigenvalue weighted by molar-refractivity contribution is -0.141. The number of rotatable bonds is 3. The van der Waals surface area contributed by atoms with Crippen molar-refractivity contribution in [2.24, 2.45) is 0 Å². The fraction of sp³-hybridized carbons (Fsp3) is 0.467. The van der Waals surface area contributed by atoms with Crippen molar-refractivity contribution in [1.82, 2.24) is 4.90 Å². The number of benzene rings is 1. The van der Waals surface area contributed by atoms with Crippen LogP contribution in [0.2, 0.25) is 0 Å². The molecule has 2 rings (SSSR count). The summed E-state index contributed by atoms with van der Waals surface area (Å²) in [7, 11) is 0. The van der Waals surface area contributed by atoms with E-state index in [1.807, 2.05) is 24.8 Å². The maximum absolute atomic E-state index is 12.2. The van der Waals surface area contributed by atoms with E-state index in [2.05, 4.69) is 11.4 Å². The van der Waals surface area contributed by atoms with Crippen LogP contribution in [-0.4, -0.2) is 42.6 Å². The number of carbonyl (C=O) groups is 1. The van der Waals surface area contributed by atoms with Gasteiger partial charge >= 0.3 is 0 Å². The van der Waals surface area contributed by atoms with Gasteiger partial charge in [-0.1, -0.05) is 6.07 Å². The van der Waals surface area contributed by atoms with E-state index in [1.165, 1.54) is 0 Å². The first kappa shape index (κ1) is 14.4. The van der Waals surface area contributed by atoms with E-state index in [0.717, 1.165) is 5.69 Å². The standard InChI is InChI=1S/C15H19N3O2/c1-11-9-18(10-12(2)20-11)15(19)8-17-14-5-3-4-13(6-14)7-16/h3-6,11-12,17H,8-10H2,1-2H3. The fourth-order valence-electron chi connectivity index (χ4n) is 2.37. The van der Waals surface area contributed by atoms with E-state index in [4.69, 9.17) is 10.00 Å². The number of morpholine rings is 1. The first-order valence-electron chi connectivity index (χ1n) is 6.75. The SMILES string of the molecule is CC1CN(C(=O)CNc2cccc(C#N)c2)CC(C)O1. The van der Waals surface area contributed by atoms with Gasteiger partial charge in [-0.3, -0.25) is 4.79 Å².